The smallest absolute Gasteiger partial charge is 0.337 e. The van der Waals surface area contributed by atoms with Crippen LogP contribution in [0.5, 0.6) is 0 Å². The van der Waals surface area contributed by atoms with Gasteiger partial charge in [-0.2, -0.15) is 0 Å². The van der Waals surface area contributed by atoms with Crippen LogP contribution in [-0.4, -0.2) is 38.3 Å². The highest BCUT2D eigenvalue weighted by atomic mass is 35.5. The van der Waals surface area contributed by atoms with Crippen LogP contribution in [0.25, 0.3) is 0 Å². The first kappa shape index (κ1) is 12.8. The Hall–Kier alpha value is -1.26. The summed E-state index contributed by atoms with van der Waals surface area (Å²) in [6.07, 6.45) is 0. The van der Waals surface area contributed by atoms with Gasteiger partial charge in [-0.3, -0.25) is 0 Å². The second-order valence-electron chi connectivity index (χ2n) is 3.49. The van der Waals surface area contributed by atoms with E-state index in [0.717, 1.165) is 13.1 Å². The highest BCUT2D eigenvalue weighted by Crippen LogP contribution is 2.23. The second kappa shape index (κ2) is 5.72. The van der Waals surface area contributed by atoms with Crippen LogP contribution in [0.2, 0.25) is 5.02 Å². The minimum absolute atomic E-state index is 0.228. The van der Waals surface area contributed by atoms with Gasteiger partial charge in [0, 0.05) is 25.2 Å². The molecule has 0 radical (unpaired) electrons. The number of anilines is 1. The van der Waals surface area contributed by atoms with Crippen molar-refractivity contribution in [3.8, 4) is 0 Å². The molecule has 0 amide bonds. The van der Waals surface area contributed by atoms with Crippen molar-refractivity contribution in [2.24, 2.45) is 0 Å². The number of nitrogens with zero attached hydrogens (tertiary/aromatic N) is 1. The molecule has 0 heterocycles. The van der Waals surface area contributed by atoms with Gasteiger partial charge in [-0.1, -0.05) is 11.6 Å². The minimum Gasteiger partial charge on any atom is -0.478 e. The van der Waals surface area contributed by atoms with E-state index < -0.39 is 5.97 Å². The average molecular weight is 243 g/mol. The van der Waals surface area contributed by atoms with E-state index in [1.54, 1.807) is 12.1 Å². The summed E-state index contributed by atoms with van der Waals surface area (Å²) in [5.74, 6) is -0.964. The highest BCUT2D eigenvalue weighted by molar-refractivity contribution is 6.31. The molecule has 0 aliphatic rings. The molecule has 0 unspecified atom stereocenters. The molecule has 1 aromatic carbocycles. The lowest BCUT2D eigenvalue weighted by atomic mass is 10.1. The predicted molar refractivity (Wildman–Crippen MR) is 65.6 cm³/mol. The molecule has 0 atom stereocenters. The molecule has 16 heavy (non-hydrogen) atoms. The molecule has 0 saturated carbocycles. The fourth-order valence-corrected chi connectivity index (χ4v) is 1.58. The lowest BCUT2D eigenvalue weighted by Crippen LogP contribution is -2.28. The standard InChI is InChI=1S/C11H15ClN2O2/c1-13-5-6-14(2)10-4-3-8(12)7-9(10)11(15)16/h3-4,7,13H,5-6H2,1-2H3,(H,15,16). The number of hydrogen-bond donors (Lipinski definition) is 2. The fraction of sp³-hybridized carbons (Fsp3) is 0.364. The Labute approximate surface area is 99.8 Å². The zero-order valence-corrected chi connectivity index (χ0v) is 10.1. The van der Waals surface area contributed by atoms with Crippen LogP contribution in [0.3, 0.4) is 0 Å². The maximum absolute atomic E-state index is 11.1. The molecule has 4 nitrogen and oxygen atoms in total. The van der Waals surface area contributed by atoms with Gasteiger partial charge in [-0.25, -0.2) is 4.79 Å². The third-order valence-corrected chi connectivity index (χ3v) is 2.53. The lowest BCUT2D eigenvalue weighted by Gasteiger charge is -2.21. The first-order valence-electron chi connectivity index (χ1n) is 4.95. The first-order chi connectivity index (χ1) is 7.56. The average Bonchev–Trinajstić information content (AvgIpc) is 2.25. The number of likely N-dealkylation sites (N-methyl/N-ethyl adjacent to an activating group) is 2. The number of halogens is 1. The van der Waals surface area contributed by atoms with Gasteiger partial charge in [0.2, 0.25) is 0 Å². The number of carboxylic acids is 1. The molecule has 0 fully saturated rings. The summed E-state index contributed by atoms with van der Waals surface area (Å²) in [6, 6.07) is 4.88. The van der Waals surface area contributed by atoms with Crippen molar-refractivity contribution >= 4 is 23.3 Å². The van der Waals surface area contributed by atoms with Gasteiger partial charge in [-0.05, 0) is 25.2 Å². The summed E-state index contributed by atoms with van der Waals surface area (Å²) in [5.41, 5.74) is 0.901. The number of aromatic carboxylic acids is 1. The number of carbonyl (C=O) groups is 1. The van der Waals surface area contributed by atoms with Crippen molar-refractivity contribution in [1.29, 1.82) is 0 Å². The van der Waals surface area contributed by atoms with Crippen LogP contribution in [0.15, 0.2) is 18.2 Å². The SMILES string of the molecule is CNCCN(C)c1ccc(Cl)cc1C(=O)O. The molecule has 0 saturated heterocycles. The van der Waals surface area contributed by atoms with Gasteiger partial charge in [0.15, 0.2) is 0 Å². The predicted octanol–water partition coefficient (Wildman–Crippen LogP) is 1.69. The Morgan fingerprint density at radius 1 is 1.56 bits per heavy atom. The van der Waals surface area contributed by atoms with Crippen LogP contribution >= 0.6 is 11.6 Å². The molecule has 1 rings (SSSR count). The highest BCUT2D eigenvalue weighted by Gasteiger charge is 2.13. The number of rotatable bonds is 5. The lowest BCUT2D eigenvalue weighted by molar-refractivity contribution is 0.0697. The molecule has 88 valence electrons. The Bertz CT molecular complexity index is 382. The van der Waals surface area contributed by atoms with Gasteiger partial charge in [0.25, 0.3) is 0 Å². The van der Waals surface area contributed by atoms with E-state index in [2.05, 4.69) is 5.32 Å². The van der Waals surface area contributed by atoms with Crippen molar-refractivity contribution in [3.63, 3.8) is 0 Å². The Morgan fingerprint density at radius 2 is 2.25 bits per heavy atom. The van der Waals surface area contributed by atoms with Crippen LogP contribution < -0.4 is 10.2 Å². The molecule has 0 aliphatic carbocycles. The van der Waals surface area contributed by atoms with E-state index in [1.807, 2.05) is 19.0 Å². The zero-order valence-electron chi connectivity index (χ0n) is 9.33. The van der Waals surface area contributed by atoms with Gasteiger partial charge in [-0.15, -0.1) is 0 Å². The molecule has 1 aromatic rings. The van der Waals surface area contributed by atoms with Crippen LogP contribution in [0.4, 0.5) is 5.69 Å². The van der Waals surface area contributed by atoms with E-state index >= 15 is 0 Å². The normalized spacial score (nSPS) is 10.2. The van der Waals surface area contributed by atoms with Crippen molar-refractivity contribution < 1.29 is 9.90 Å². The molecule has 0 aliphatic heterocycles. The Morgan fingerprint density at radius 3 is 2.81 bits per heavy atom. The van der Waals surface area contributed by atoms with Gasteiger partial charge >= 0.3 is 5.97 Å². The van der Waals surface area contributed by atoms with E-state index in [1.165, 1.54) is 6.07 Å². The molecule has 2 N–H and O–H groups in total. The van der Waals surface area contributed by atoms with E-state index in [4.69, 9.17) is 16.7 Å². The van der Waals surface area contributed by atoms with E-state index in [9.17, 15) is 4.79 Å². The maximum Gasteiger partial charge on any atom is 0.337 e. The number of benzene rings is 1. The van der Waals surface area contributed by atoms with Gasteiger partial charge < -0.3 is 15.3 Å². The first-order valence-corrected chi connectivity index (χ1v) is 5.32. The Kier molecular flexibility index (Phi) is 4.58. The monoisotopic (exact) mass is 242 g/mol. The van der Waals surface area contributed by atoms with Gasteiger partial charge in [0.05, 0.1) is 11.3 Å². The summed E-state index contributed by atoms with van der Waals surface area (Å²) in [6.45, 7) is 1.52. The van der Waals surface area contributed by atoms with Crippen LogP contribution in [-0.2, 0) is 0 Å². The van der Waals surface area contributed by atoms with Crippen molar-refractivity contribution in [3.05, 3.63) is 28.8 Å². The maximum atomic E-state index is 11.1. The molecule has 5 heteroatoms. The summed E-state index contributed by atoms with van der Waals surface area (Å²) in [4.78, 5) is 12.9. The third kappa shape index (κ3) is 3.12. The molecule has 0 bridgehead atoms. The topological polar surface area (TPSA) is 52.6 Å². The van der Waals surface area contributed by atoms with E-state index in [-0.39, 0.29) is 5.56 Å². The molecule has 0 aromatic heterocycles. The molecular weight excluding hydrogens is 228 g/mol. The van der Waals surface area contributed by atoms with Gasteiger partial charge in [0.1, 0.15) is 0 Å². The van der Waals surface area contributed by atoms with Crippen LogP contribution in [0, 0.1) is 0 Å². The van der Waals surface area contributed by atoms with Crippen molar-refractivity contribution in [2.45, 2.75) is 0 Å². The zero-order chi connectivity index (χ0) is 12.1. The number of hydrogen-bond acceptors (Lipinski definition) is 3. The van der Waals surface area contributed by atoms with Crippen molar-refractivity contribution in [1.82, 2.24) is 5.32 Å². The molecule has 0 spiro atoms. The summed E-state index contributed by atoms with van der Waals surface area (Å²) in [5, 5.41) is 12.5. The quantitative estimate of drug-likeness (QED) is 0.825. The number of nitrogens with one attached hydrogen (secondary N) is 1. The van der Waals surface area contributed by atoms with Crippen LogP contribution in [0.1, 0.15) is 10.4 Å². The molecular formula is C11H15ClN2O2. The van der Waals surface area contributed by atoms with Crippen molar-refractivity contribution in [2.75, 3.05) is 32.1 Å². The second-order valence-corrected chi connectivity index (χ2v) is 3.93. The third-order valence-electron chi connectivity index (χ3n) is 2.30. The largest absolute Gasteiger partial charge is 0.478 e. The summed E-state index contributed by atoms with van der Waals surface area (Å²) < 4.78 is 0. The summed E-state index contributed by atoms with van der Waals surface area (Å²) in [7, 11) is 3.71. The minimum atomic E-state index is -0.964. The Balaban J connectivity index is 2.98. The summed E-state index contributed by atoms with van der Waals surface area (Å²) >= 11 is 5.78. The fourth-order valence-electron chi connectivity index (χ4n) is 1.41. The van der Waals surface area contributed by atoms with E-state index in [0.29, 0.717) is 10.7 Å². The number of carboxylic acid groups (broad SMARTS) is 1.